The van der Waals surface area contributed by atoms with Gasteiger partial charge in [-0.05, 0) is 37.1 Å². The SMILES string of the molecule is Cc1ccc(NC(=O)NC(=O)COC(=O)c2nc(Cl)c(Cl)c(N)c2Cl)cc1C. The van der Waals surface area contributed by atoms with Crippen LogP contribution in [0.3, 0.4) is 0 Å². The summed E-state index contributed by atoms with van der Waals surface area (Å²) in [4.78, 5) is 39.4. The van der Waals surface area contributed by atoms with Gasteiger partial charge in [-0.3, -0.25) is 10.1 Å². The van der Waals surface area contributed by atoms with E-state index < -0.39 is 30.2 Å². The third kappa shape index (κ3) is 5.25. The van der Waals surface area contributed by atoms with Crippen LogP contribution in [-0.4, -0.2) is 29.5 Å². The molecule has 2 rings (SSSR count). The minimum absolute atomic E-state index is 0.107. The Labute approximate surface area is 175 Å². The van der Waals surface area contributed by atoms with Gasteiger partial charge in [0.05, 0.1) is 10.7 Å². The number of nitrogens with zero attached hydrogens (tertiary/aromatic N) is 1. The van der Waals surface area contributed by atoms with Gasteiger partial charge in [-0.15, -0.1) is 0 Å². The van der Waals surface area contributed by atoms with Crippen LogP contribution in [-0.2, 0) is 9.53 Å². The first-order valence-corrected chi connectivity index (χ1v) is 8.88. The molecule has 0 aliphatic carbocycles. The lowest BCUT2D eigenvalue weighted by Crippen LogP contribution is -2.37. The van der Waals surface area contributed by atoms with Crippen molar-refractivity contribution in [1.29, 1.82) is 0 Å². The van der Waals surface area contributed by atoms with Crippen LogP contribution in [0.2, 0.25) is 15.2 Å². The molecule has 4 N–H and O–H groups in total. The molecule has 0 aliphatic rings. The molecule has 0 aliphatic heterocycles. The second kappa shape index (κ2) is 9.09. The number of hydrogen-bond acceptors (Lipinski definition) is 6. The molecule has 0 bridgehead atoms. The molecule has 0 fully saturated rings. The number of aromatic nitrogens is 1. The van der Waals surface area contributed by atoms with Gasteiger partial charge in [0.25, 0.3) is 5.91 Å². The van der Waals surface area contributed by atoms with Crippen LogP contribution in [0, 0.1) is 13.8 Å². The number of hydrogen-bond donors (Lipinski definition) is 3. The number of amides is 3. The Kier molecular flexibility index (Phi) is 7.06. The number of aryl methyl sites for hydroxylation is 2. The normalized spacial score (nSPS) is 10.3. The van der Waals surface area contributed by atoms with Crippen LogP contribution in [0.25, 0.3) is 0 Å². The Hall–Kier alpha value is -2.55. The summed E-state index contributed by atoms with van der Waals surface area (Å²) < 4.78 is 4.77. The van der Waals surface area contributed by atoms with Gasteiger partial charge >= 0.3 is 12.0 Å². The standard InChI is InChI=1S/C17H15Cl3N4O4/c1-7-3-4-9(5-8(7)2)22-17(27)23-10(25)6-28-16(26)14-11(18)13(21)12(19)15(20)24-14/h3-5H,6H2,1-2H3,(H2,21,24)(H2,22,23,25,27). The van der Waals surface area contributed by atoms with Crippen molar-refractivity contribution in [1.82, 2.24) is 10.3 Å². The molecule has 11 heteroatoms. The van der Waals surface area contributed by atoms with Crippen molar-refractivity contribution in [3.05, 3.63) is 50.2 Å². The van der Waals surface area contributed by atoms with E-state index in [0.29, 0.717) is 5.69 Å². The fraction of sp³-hybridized carbons (Fsp3) is 0.176. The Morgan fingerprint density at radius 3 is 2.43 bits per heavy atom. The molecule has 0 saturated heterocycles. The van der Waals surface area contributed by atoms with Gasteiger partial charge in [-0.25, -0.2) is 14.6 Å². The number of nitrogen functional groups attached to an aromatic ring is 1. The van der Waals surface area contributed by atoms with Crippen molar-refractivity contribution in [2.75, 3.05) is 17.7 Å². The van der Waals surface area contributed by atoms with Crippen molar-refractivity contribution >= 4 is 64.1 Å². The van der Waals surface area contributed by atoms with Gasteiger partial charge in [0.15, 0.2) is 17.5 Å². The first-order valence-electron chi connectivity index (χ1n) is 7.75. The van der Waals surface area contributed by atoms with Gasteiger partial charge in [-0.2, -0.15) is 0 Å². The average molecular weight is 446 g/mol. The number of carbonyl (C=O) groups excluding carboxylic acids is 3. The molecular weight excluding hydrogens is 431 g/mol. The number of anilines is 2. The number of urea groups is 1. The van der Waals surface area contributed by atoms with Crippen molar-refractivity contribution < 1.29 is 19.1 Å². The number of nitrogens with two attached hydrogens (primary N) is 1. The highest BCUT2D eigenvalue weighted by atomic mass is 35.5. The first kappa shape index (κ1) is 21.7. The van der Waals surface area contributed by atoms with E-state index in [0.717, 1.165) is 11.1 Å². The molecule has 0 saturated carbocycles. The van der Waals surface area contributed by atoms with Crippen LogP contribution in [0.15, 0.2) is 18.2 Å². The summed E-state index contributed by atoms with van der Waals surface area (Å²) in [6, 6.07) is 4.49. The minimum Gasteiger partial charge on any atom is -0.451 e. The third-order valence-corrected chi connectivity index (χ3v) is 4.75. The fourth-order valence-corrected chi connectivity index (χ4v) is 2.60. The summed E-state index contributed by atoms with van der Waals surface area (Å²) in [6.07, 6.45) is 0. The number of esters is 1. The Balaban J connectivity index is 1.92. The Morgan fingerprint density at radius 1 is 1.11 bits per heavy atom. The maximum Gasteiger partial charge on any atom is 0.359 e. The van der Waals surface area contributed by atoms with Crippen LogP contribution in [0.5, 0.6) is 0 Å². The van der Waals surface area contributed by atoms with Crippen molar-refractivity contribution in [2.24, 2.45) is 0 Å². The van der Waals surface area contributed by atoms with Gasteiger partial charge in [-0.1, -0.05) is 40.9 Å². The molecule has 0 radical (unpaired) electrons. The largest absolute Gasteiger partial charge is 0.451 e. The zero-order valence-electron chi connectivity index (χ0n) is 14.7. The number of halogens is 3. The van der Waals surface area contributed by atoms with E-state index in [1.54, 1.807) is 12.1 Å². The molecule has 3 amide bonds. The van der Waals surface area contributed by atoms with Crippen LogP contribution in [0.4, 0.5) is 16.2 Å². The number of carbonyl (C=O) groups is 3. The third-order valence-electron chi connectivity index (χ3n) is 3.62. The highest BCUT2D eigenvalue weighted by molar-refractivity contribution is 6.46. The average Bonchev–Trinajstić information content (AvgIpc) is 2.64. The molecule has 0 unspecified atom stereocenters. The highest BCUT2D eigenvalue weighted by Crippen LogP contribution is 2.34. The maximum absolute atomic E-state index is 12.0. The smallest absolute Gasteiger partial charge is 0.359 e. The lowest BCUT2D eigenvalue weighted by Gasteiger charge is -2.10. The molecule has 0 spiro atoms. The van der Waals surface area contributed by atoms with Crippen molar-refractivity contribution in [3.63, 3.8) is 0 Å². The number of pyridine rings is 1. The van der Waals surface area contributed by atoms with Gasteiger partial charge in [0.1, 0.15) is 5.02 Å². The maximum atomic E-state index is 12.0. The quantitative estimate of drug-likeness (QED) is 0.486. The number of ether oxygens (including phenoxy) is 1. The van der Waals surface area contributed by atoms with E-state index in [4.69, 9.17) is 45.3 Å². The molecule has 1 aromatic carbocycles. The predicted molar refractivity (Wildman–Crippen MR) is 107 cm³/mol. The topological polar surface area (TPSA) is 123 Å². The van der Waals surface area contributed by atoms with E-state index >= 15 is 0 Å². The summed E-state index contributed by atoms with van der Waals surface area (Å²) in [5.74, 6) is -1.92. The van der Waals surface area contributed by atoms with Gasteiger partial charge in [0.2, 0.25) is 0 Å². The lowest BCUT2D eigenvalue weighted by atomic mass is 10.1. The Bertz CT molecular complexity index is 966. The van der Waals surface area contributed by atoms with Crippen LogP contribution in [0.1, 0.15) is 21.6 Å². The molecule has 28 heavy (non-hydrogen) atoms. The summed E-state index contributed by atoms with van der Waals surface area (Å²) in [6.45, 7) is 3.06. The fourth-order valence-electron chi connectivity index (χ4n) is 2.01. The van der Waals surface area contributed by atoms with Crippen LogP contribution < -0.4 is 16.4 Å². The van der Waals surface area contributed by atoms with E-state index in [-0.39, 0.29) is 20.9 Å². The Morgan fingerprint density at radius 2 is 1.79 bits per heavy atom. The lowest BCUT2D eigenvalue weighted by molar-refractivity contribution is -0.123. The zero-order chi connectivity index (χ0) is 21.0. The highest BCUT2D eigenvalue weighted by Gasteiger charge is 2.22. The molecule has 8 nitrogen and oxygen atoms in total. The van der Waals surface area contributed by atoms with E-state index in [1.807, 2.05) is 25.2 Å². The molecule has 1 aromatic heterocycles. The number of nitrogens with one attached hydrogen (secondary N) is 2. The van der Waals surface area contributed by atoms with Crippen LogP contribution >= 0.6 is 34.8 Å². The number of benzene rings is 1. The molecule has 0 atom stereocenters. The van der Waals surface area contributed by atoms with Gasteiger partial charge in [0, 0.05) is 5.69 Å². The van der Waals surface area contributed by atoms with E-state index in [1.165, 1.54) is 0 Å². The molecule has 148 valence electrons. The summed E-state index contributed by atoms with van der Waals surface area (Å²) in [5, 5.41) is 3.91. The molecule has 2 aromatic rings. The second-order valence-corrected chi connectivity index (χ2v) is 6.78. The van der Waals surface area contributed by atoms with Gasteiger partial charge < -0.3 is 15.8 Å². The van der Waals surface area contributed by atoms with Crippen molar-refractivity contribution in [2.45, 2.75) is 13.8 Å². The van der Waals surface area contributed by atoms with E-state index in [2.05, 4.69) is 10.3 Å². The van der Waals surface area contributed by atoms with E-state index in [9.17, 15) is 14.4 Å². The molecule has 1 heterocycles. The summed E-state index contributed by atoms with van der Waals surface area (Å²) >= 11 is 17.4. The summed E-state index contributed by atoms with van der Waals surface area (Å²) in [7, 11) is 0. The minimum atomic E-state index is -1.06. The summed E-state index contributed by atoms with van der Waals surface area (Å²) in [5.41, 5.74) is 7.60. The number of imide groups is 1. The monoisotopic (exact) mass is 444 g/mol. The zero-order valence-corrected chi connectivity index (χ0v) is 17.0. The predicted octanol–water partition coefficient (Wildman–Crippen LogP) is 3.75. The van der Waals surface area contributed by atoms with Crippen molar-refractivity contribution in [3.8, 4) is 0 Å². The second-order valence-electron chi connectivity index (χ2n) is 5.67. The first-order chi connectivity index (χ1) is 13.1. The molecular formula is C17H15Cl3N4O4. The number of rotatable bonds is 4.